The molecule has 0 aliphatic rings. The molecule has 2 rings (SSSR count). The smallest absolute Gasteiger partial charge is 0.248 e. The normalized spacial score (nSPS) is 11.6. The van der Waals surface area contributed by atoms with Crippen molar-refractivity contribution in [1.29, 1.82) is 0 Å². The van der Waals surface area contributed by atoms with Crippen molar-refractivity contribution < 1.29 is 14.0 Å². The number of benzene rings is 1. The lowest BCUT2D eigenvalue weighted by molar-refractivity contribution is -0.118. The van der Waals surface area contributed by atoms with Crippen LogP contribution in [0.15, 0.2) is 40.8 Å². The van der Waals surface area contributed by atoms with Crippen molar-refractivity contribution in [2.75, 3.05) is 0 Å². The van der Waals surface area contributed by atoms with E-state index >= 15 is 0 Å². The summed E-state index contributed by atoms with van der Waals surface area (Å²) in [5.74, 6) is -0.916. The molecule has 0 radical (unpaired) electrons. The highest BCUT2D eigenvalue weighted by Crippen LogP contribution is 2.07. The minimum Gasteiger partial charge on any atom is -0.327 e. The van der Waals surface area contributed by atoms with Crippen molar-refractivity contribution in [2.45, 2.75) is 12.8 Å². The summed E-state index contributed by atoms with van der Waals surface area (Å²) in [5, 5.41) is 1.83. The minimum atomic E-state index is -0.391. The van der Waals surface area contributed by atoms with Crippen molar-refractivity contribution in [3.05, 3.63) is 52.0 Å². The molecule has 0 spiro atoms. The highest BCUT2D eigenvalue weighted by molar-refractivity contribution is 7.07. The molecule has 0 bridgehead atoms. The zero-order valence-corrected chi connectivity index (χ0v) is 11.7. The zero-order chi connectivity index (χ0) is 14.5. The Balaban J connectivity index is 1.95. The number of aromatic nitrogens is 1. The Hall–Kier alpha value is -2.08. The lowest BCUT2D eigenvalue weighted by Crippen LogP contribution is -2.13. The van der Waals surface area contributed by atoms with E-state index in [0.717, 1.165) is 0 Å². The Kier molecular flexibility index (Phi) is 4.57. The second-order valence-electron chi connectivity index (χ2n) is 4.23. The molecule has 1 aromatic carbocycles. The van der Waals surface area contributed by atoms with Crippen LogP contribution in [0.2, 0.25) is 0 Å². The third-order valence-corrected chi connectivity index (χ3v) is 3.56. The maximum Gasteiger partial charge on any atom is 0.248 e. The summed E-state index contributed by atoms with van der Waals surface area (Å²) in [5.41, 5.74) is 0.404. The molecule has 1 aromatic heterocycles. The summed E-state index contributed by atoms with van der Waals surface area (Å²) in [6, 6.07) is 5.28. The molecule has 0 atom stereocenters. The zero-order valence-electron chi connectivity index (χ0n) is 10.9. The topological polar surface area (TPSA) is 51.4 Å². The Bertz CT molecular complexity index is 686. The van der Waals surface area contributed by atoms with Crippen LogP contribution in [0.4, 0.5) is 4.39 Å². The van der Waals surface area contributed by atoms with E-state index in [4.69, 9.17) is 0 Å². The molecule has 0 fully saturated rings. The highest BCUT2D eigenvalue weighted by atomic mass is 32.1. The van der Waals surface area contributed by atoms with Gasteiger partial charge in [0.2, 0.25) is 5.91 Å². The number of hydrogen-bond acceptors (Lipinski definition) is 3. The summed E-state index contributed by atoms with van der Waals surface area (Å²) in [7, 11) is 1.80. The number of nitrogens with zero attached hydrogens (tertiary/aromatic N) is 2. The van der Waals surface area contributed by atoms with E-state index in [1.807, 2.05) is 5.38 Å². The number of rotatable bonds is 4. The maximum absolute atomic E-state index is 12.7. The third kappa shape index (κ3) is 3.71. The Morgan fingerprint density at radius 1 is 1.25 bits per heavy atom. The van der Waals surface area contributed by atoms with Crippen LogP contribution >= 0.6 is 11.3 Å². The summed E-state index contributed by atoms with van der Waals surface area (Å²) < 4.78 is 14.5. The van der Waals surface area contributed by atoms with Crippen molar-refractivity contribution >= 4 is 23.0 Å². The van der Waals surface area contributed by atoms with E-state index < -0.39 is 5.82 Å². The van der Waals surface area contributed by atoms with Gasteiger partial charge in [0.25, 0.3) is 0 Å². The molecule has 4 nitrogen and oxygen atoms in total. The van der Waals surface area contributed by atoms with Crippen molar-refractivity contribution in [2.24, 2.45) is 12.0 Å². The first-order valence-corrected chi connectivity index (χ1v) is 6.90. The van der Waals surface area contributed by atoms with Crippen molar-refractivity contribution in [3.63, 3.8) is 0 Å². The maximum atomic E-state index is 12.7. The first-order valence-electron chi connectivity index (χ1n) is 6.03. The largest absolute Gasteiger partial charge is 0.327 e. The molecule has 104 valence electrons. The van der Waals surface area contributed by atoms with Crippen molar-refractivity contribution in [3.8, 4) is 0 Å². The molecule has 0 saturated heterocycles. The molecule has 20 heavy (non-hydrogen) atoms. The van der Waals surface area contributed by atoms with Gasteiger partial charge in [0.05, 0.1) is 0 Å². The predicted octanol–water partition coefficient (Wildman–Crippen LogP) is 2.32. The van der Waals surface area contributed by atoms with Gasteiger partial charge in [-0.15, -0.1) is 11.3 Å². The predicted molar refractivity (Wildman–Crippen MR) is 73.8 cm³/mol. The molecule has 6 heteroatoms. The number of carbonyl (C=O) groups excluding carboxylic acids is 2. The number of thiazole rings is 1. The monoisotopic (exact) mass is 292 g/mol. The van der Waals surface area contributed by atoms with Crippen LogP contribution in [-0.4, -0.2) is 16.3 Å². The molecule has 0 aliphatic carbocycles. The van der Waals surface area contributed by atoms with Gasteiger partial charge < -0.3 is 4.57 Å². The number of carbonyl (C=O) groups is 2. The van der Waals surface area contributed by atoms with Gasteiger partial charge in [-0.25, -0.2) is 4.39 Å². The first-order chi connectivity index (χ1) is 9.56. The van der Waals surface area contributed by atoms with E-state index in [2.05, 4.69) is 4.99 Å². The average molecular weight is 292 g/mol. The molecule has 0 saturated carbocycles. The second kappa shape index (κ2) is 6.38. The summed E-state index contributed by atoms with van der Waals surface area (Å²) in [4.78, 5) is 28.0. The van der Waals surface area contributed by atoms with Gasteiger partial charge in [0.1, 0.15) is 5.82 Å². The molecule has 0 unspecified atom stereocenters. The van der Waals surface area contributed by atoms with Gasteiger partial charge >= 0.3 is 0 Å². The fraction of sp³-hybridized carbons (Fsp3) is 0.214. The summed E-state index contributed by atoms with van der Waals surface area (Å²) in [6.45, 7) is 0. The fourth-order valence-corrected chi connectivity index (χ4v) is 2.34. The summed E-state index contributed by atoms with van der Waals surface area (Å²) >= 11 is 1.36. The van der Waals surface area contributed by atoms with Crippen molar-refractivity contribution in [1.82, 2.24) is 4.57 Å². The highest BCUT2D eigenvalue weighted by Gasteiger charge is 2.09. The molecule has 0 aliphatic heterocycles. The van der Waals surface area contributed by atoms with Gasteiger partial charge in [0.15, 0.2) is 10.6 Å². The number of Topliss-reactive ketones (excluding diaryl/α,β-unsaturated/α-hetero) is 1. The number of halogens is 1. The van der Waals surface area contributed by atoms with Crippen LogP contribution < -0.4 is 4.80 Å². The Morgan fingerprint density at radius 2 is 1.95 bits per heavy atom. The van der Waals surface area contributed by atoms with Gasteiger partial charge in [-0.2, -0.15) is 4.99 Å². The number of amides is 1. The first kappa shape index (κ1) is 14.3. The fourth-order valence-electron chi connectivity index (χ4n) is 1.60. The van der Waals surface area contributed by atoms with Gasteiger partial charge in [-0.3, -0.25) is 9.59 Å². The van der Waals surface area contributed by atoms with Crippen LogP contribution in [0.5, 0.6) is 0 Å². The van der Waals surface area contributed by atoms with Gasteiger partial charge in [0, 0.05) is 37.0 Å². The van der Waals surface area contributed by atoms with E-state index in [-0.39, 0.29) is 24.5 Å². The lowest BCUT2D eigenvalue weighted by Gasteiger charge is -1.99. The number of aryl methyl sites for hydroxylation is 1. The van der Waals surface area contributed by atoms with Crippen LogP contribution in [0.25, 0.3) is 0 Å². The average Bonchev–Trinajstić information content (AvgIpc) is 2.82. The summed E-state index contributed by atoms with van der Waals surface area (Å²) in [6.07, 6.45) is 1.93. The molecular formula is C14H13FN2O2S. The van der Waals surface area contributed by atoms with Crippen LogP contribution in [-0.2, 0) is 11.8 Å². The standard InChI is InChI=1S/C14H13FN2O2S/c1-17-8-9-20-14(17)16-13(19)7-6-12(18)10-2-4-11(15)5-3-10/h2-5,8-9H,6-7H2,1H3. The lowest BCUT2D eigenvalue weighted by atomic mass is 10.1. The van der Waals surface area contributed by atoms with Crippen LogP contribution in [0.3, 0.4) is 0 Å². The van der Waals surface area contributed by atoms with E-state index in [0.29, 0.717) is 10.4 Å². The second-order valence-corrected chi connectivity index (χ2v) is 5.11. The molecule has 0 N–H and O–H groups in total. The molecular weight excluding hydrogens is 279 g/mol. The van der Waals surface area contributed by atoms with Gasteiger partial charge in [-0.1, -0.05) is 0 Å². The third-order valence-electron chi connectivity index (χ3n) is 2.71. The number of hydrogen-bond donors (Lipinski definition) is 0. The van der Waals surface area contributed by atoms with E-state index in [9.17, 15) is 14.0 Å². The van der Waals surface area contributed by atoms with E-state index in [1.54, 1.807) is 17.8 Å². The van der Waals surface area contributed by atoms with Gasteiger partial charge in [-0.05, 0) is 24.3 Å². The molecule has 2 aromatic rings. The SMILES string of the molecule is Cn1ccsc1=NC(=O)CCC(=O)c1ccc(F)cc1. The number of ketones is 1. The Labute approximate surface area is 119 Å². The van der Waals surface area contributed by atoms with Crippen LogP contribution in [0.1, 0.15) is 23.2 Å². The quantitative estimate of drug-likeness (QED) is 0.812. The Morgan fingerprint density at radius 3 is 2.55 bits per heavy atom. The van der Waals surface area contributed by atoms with Crippen LogP contribution in [0, 0.1) is 5.82 Å². The molecule has 1 heterocycles. The van der Waals surface area contributed by atoms with E-state index in [1.165, 1.54) is 35.6 Å². The minimum absolute atomic E-state index is 0.0497. The molecule has 1 amide bonds.